The number of hydrazone groups is 1. The Bertz CT molecular complexity index is 804. The topological polar surface area (TPSA) is 58.9 Å². The van der Waals surface area contributed by atoms with Crippen LogP contribution in [0.1, 0.15) is 22.5 Å². The van der Waals surface area contributed by atoms with Crippen molar-refractivity contribution in [1.29, 1.82) is 0 Å². The predicted octanol–water partition coefficient (Wildman–Crippen LogP) is 2.18. The fourth-order valence-corrected chi connectivity index (χ4v) is 3.25. The van der Waals surface area contributed by atoms with Gasteiger partial charge < -0.3 is 9.30 Å². The van der Waals surface area contributed by atoms with Crippen molar-refractivity contribution in [3.8, 4) is 5.69 Å². The molecule has 3 rings (SSSR count). The van der Waals surface area contributed by atoms with Crippen molar-refractivity contribution in [2.75, 3.05) is 32.8 Å². The standard InChI is InChI=1S/C20H26N4O2/c1-15-5-4-6-19(11-15)24-16(2)12-18(17(24)3)13-21-22-20(25)14-23-7-9-26-10-8-23/h4-6,11-13H,7-10,14H2,1-3H3,(H,22,25). The van der Waals surface area contributed by atoms with E-state index in [-0.39, 0.29) is 5.91 Å². The minimum absolute atomic E-state index is 0.101. The maximum Gasteiger partial charge on any atom is 0.254 e. The van der Waals surface area contributed by atoms with Crippen LogP contribution in [0.5, 0.6) is 0 Å². The number of aromatic nitrogens is 1. The van der Waals surface area contributed by atoms with E-state index in [1.807, 2.05) is 0 Å². The molecule has 1 amide bonds. The summed E-state index contributed by atoms with van der Waals surface area (Å²) in [6.07, 6.45) is 1.71. The molecule has 0 bridgehead atoms. The number of nitrogens with zero attached hydrogens (tertiary/aromatic N) is 3. The van der Waals surface area contributed by atoms with Crippen molar-refractivity contribution in [3.63, 3.8) is 0 Å². The van der Waals surface area contributed by atoms with Gasteiger partial charge in [0.2, 0.25) is 0 Å². The maximum absolute atomic E-state index is 12.0. The first kappa shape index (κ1) is 18.4. The van der Waals surface area contributed by atoms with Crippen molar-refractivity contribution >= 4 is 12.1 Å². The van der Waals surface area contributed by atoms with Crippen molar-refractivity contribution in [2.24, 2.45) is 5.10 Å². The number of hydrogen-bond acceptors (Lipinski definition) is 4. The molecule has 0 atom stereocenters. The first-order valence-electron chi connectivity index (χ1n) is 8.92. The molecule has 138 valence electrons. The van der Waals surface area contributed by atoms with E-state index >= 15 is 0 Å². The van der Waals surface area contributed by atoms with Gasteiger partial charge in [-0.3, -0.25) is 9.69 Å². The average molecular weight is 354 g/mol. The first-order chi connectivity index (χ1) is 12.5. The van der Waals surface area contributed by atoms with Crippen LogP contribution in [-0.2, 0) is 9.53 Å². The smallest absolute Gasteiger partial charge is 0.254 e. The number of carbonyl (C=O) groups is 1. The molecule has 0 saturated carbocycles. The Morgan fingerprint density at radius 2 is 2.00 bits per heavy atom. The summed E-state index contributed by atoms with van der Waals surface area (Å²) in [5, 5.41) is 4.14. The SMILES string of the molecule is Cc1cccc(-n2c(C)cc(C=NNC(=O)CN3CCOCC3)c2C)c1. The molecule has 2 heterocycles. The lowest BCUT2D eigenvalue weighted by Gasteiger charge is -2.25. The van der Waals surface area contributed by atoms with Gasteiger partial charge in [0.15, 0.2) is 0 Å². The molecule has 1 N–H and O–H groups in total. The number of morpholine rings is 1. The van der Waals surface area contributed by atoms with Gasteiger partial charge in [0.25, 0.3) is 5.91 Å². The van der Waals surface area contributed by atoms with E-state index in [2.05, 4.69) is 71.1 Å². The number of amides is 1. The van der Waals surface area contributed by atoms with Crippen LogP contribution < -0.4 is 5.43 Å². The fraction of sp³-hybridized carbons (Fsp3) is 0.400. The summed E-state index contributed by atoms with van der Waals surface area (Å²) < 4.78 is 7.48. The number of nitrogens with one attached hydrogen (secondary N) is 1. The number of benzene rings is 1. The minimum Gasteiger partial charge on any atom is -0.379 e. The van der Waals surface area contributed by atoms with Crippen LogP contribution in [0, 0.1) is 20.8 Å². The number of ether oxygens (including phenoxy) is 1. The van der Waals surface area contributed by atoms with Gasteiger partial charge >= 0.3 is 0 Å². The van der Waals surface area contributed by atoms with Crippen LogP contribution in [0.2, 0.25) is 0 Å². The second kappa shape index (κ2) is 8.29. The van der Waals surface area contributed by atoms with E-state index in [4.69, 9.17) is 4.74 Å². The molecule has 1 aromatic carbocycles. The summed E-state index contributed by atoms with van der Waals surface area (Å²) in [6, 6.07) is 10.5. The molecule has 26 heavy (non-hydrogen) atoms. The summed E-state index contributed by atoms with van der Waals surface area (Å²) in [7, 11) is 0. The Kier molecular flexibility index (Phi) is 5.85. The molecule has 1 saturated heterocycles. The molecule has 1 aliphatic heterocycles. The van der Waals surface area contributed by atoms with Gasteiger partial charge in [-0.2, -0.15) is 5.10 Å². The summed E-state index contributed by atoms with van der Waals surface area (Å²) in [4.78, 5) is 14.1. The largest absolute Gasteiger partial charge is 0.379 e. The van der Waals surface area contributed by atoms with Gasteiger partial charge in [0.1, 0.15) is 0 Å². The zero-order valence-electron chi connectivity index (χ0n) is 15.7. The van der Waals surface area contributed by atoms with Gasteiger partial charge in [0.05, 0.1) is 26.0 Å². The minimum atomic E-state index is -0.101. The molecule has 1 aromatic heterocycles. The number of aryl methyl sites for hydroxylation is 2. The molecule has 1 fully saturated rings. The van der Waals surface area contributed by atoms with Crippen LogP contribution in [-0.4, -0.2) is 54.4 Å². The highest BCUT2D eigenvalue weighted by Crippen LogP contribution is 2.20. The monoisotopic (exact) mass is 354 g/mol. The molecule has 1 aliphatic rings. The van der Waals surface area contributed by atoms with E-state index in [9.17, 15) is 4.79 Å². The second-order valence-corrected chi connectivity index (χ2v) is 6.68. The van der Waals surface area contributed by atoms with Gasteiger partial charge in [-0.1, -0.05) is 12.1 Å². The first-order valence-corrected chi connectivity index (χ1v) is 8.92. The Balaban J connectivity index is 1.65. The third kappa shape index (κ3) is 4.39. The quantitative estimate of drug-likeness (QED) is 0.661. The highest BCUT2D eigenvalue weighted by atomic mass is 16.5. The normalized spacial score (nSPS) is 15.5. The lowest BCUT2D eigenvalue weighted by Crippen LogP contribution is -2.42. The van der Waals surface area contributed by atoms with E-state index in [1.54, 1.807) is 6.21 Å². The third-order valence-electron chi connectivity index (χ3n) is 4.59. The van der Waals surface area contributed by atoms with E-state index < -0.39 is 0 Å². The zero-order chi connectivity index (χ0) is 18.5. The molecular formula is C20H26N4O2. The predicted molar refractivity (Wildman–Crippen MR) is 103 cm³/mol. The lowest BCUT2D eigenvalue weighted by molar-refractivity contribution is -0.123. The summed E-state index contributed by atoms with van der Waals surface area (Å²) in [5.74, 6) is -0.101. The molecule has 0 aliphatic carbocycles. The summed E-state index contributed by atoms with van der Waals surface area (Å²) in [5.41, 5.74) is 8.21. The Morgan fingerprint density at radius 3 is 2.73 bits per heavy atom. The number of hydrogen-bond donors (Lipinski definition) is 1. The Hall–Kier alpha value is -2.44. The van der Waals surface area contributed by atoms with E-state index in [1.165, 1.54) is 5.56 Å². The van der Waals surface area contributed by atoms with Crippen LogP contribution in [0.3, 0.4) is 0 Å². The molecule has 0 unspecified atom stereocenters. The van der Waals surface area contributed by atoms with Crippen LogP contribution in [0.4, 0.5) is 0 Å². The average Bonchev–Trinajstić information content (AvgIpc) is 2.89. The van der Waals surface area contributed by atoms with Crippen LogP contribution in [0.15, 0.2) is 35.4 Å². The molecule has 0 radical (unpaired) electrons. The van der Waals surface area contributed by atoms with Crippen molar-refractivity contribution in [1.82, 2.24) is 14.9 Å². The Labute approximate surface area is 154 Å². The van der Waals surface area contributed by atoms with Crippen molar-refractivity contribution < 1.29 is 9.53 Å². The Morgan fingerprint density at radius 1 is 1.23 bits per heavy atom. The van der Waals surface area contributed by atoms with Crippen molar-refractivity contribution in [3.05, 3.63) is 52.8 Å². The molecule has 2 aromatic rings. The third-order valence-corrected chi connectivity index (χ3v) is 4.59. The summed E-state index contributed by atoms with van der Waals surface area (Å²) >= 11 is 0. The van der Waals surface area contributed by atoms with Gasteiger partial charge in [-0.25, -0.2) is 5.43 Å². The highest BCUT2D eigenvalue weighted by molar-refractivity contribution is 5.84. The zero-order valence-corrected chi connectivity index (χ0v) is 15.7. The number of rotatable bonds is 5. The maximum atomic E-state index is 12.0. The molecule has 6 nitrogen and oxygen atoms in total. The van der Waals surface area contributed by atoms with E-state index in [0.717, 1.165) is 35.7 Å². The number of carbonyl (C=O) groups excluding carboxylic acids is 1. The lowest BCUT2D eigenvalue weighted by atomic mass is 10.2. The van der Waals surface area contributed by atoms with Gasteiger partial charge in [-0.05, 0) is 44.5 Å². The summed E-state index contributed by atoms with van der Waals surface area (Å²) in [6.45, 7) is 9.51. The molecule has 6 heteroatoms. The van der Waals surface area contributed by atoms with Gasteiger partial charge in [-0.15, -0.1) is 0 Å². The van der Waals surface area contributed by atoms with Crippen molar-refractivity contribution in [2.45, 2.75) is 20.8 Å². The highest BCUT2D eigenvalue weighted by Gasteiger charge is 2.14. The molecule has 0 spiro atoms. The van der Waals surface area contributed by atoms with Crippen LogP contribution in [0.25, 0.3) is 5.69 Å². The molecular weight excluding hydrogens is 328 g/mol. The van der Waals surface area contributed by atoms with E-state index in [0.29, 0.717) is 19.8 Å². The fourth-order valence-electron chi connectivity index (χ4n) is 3.25. The van der Waals surface area contributed by atoms with Crippen LogP contribution >= 0.6 is 0 Å². The second-order valence-electron chi connectivity index (χ2n) is 6.68. The van der Waals surface area contributed by atoms with Gasteiger partial charge in [0, 0.05) is 35.7 Å².